The van der Waals surface area contributed by atoms with Gasteiger partial charge in [-0.15, -0.1) is 0 Å². The van der Waals surface area contributed by atoms with Crippen molar-refractivity contribution in [3.63, 3.8) is 0 Å². The third-order valence-electron chi connectivity index (χ3n) is 3.37. The summed E-state index contributed by atoms with van der Waals surface area (Å²) in [5, 5.41) is 0. The van der Waals surface area contributed by atoms with Crippen molar-refractivity contribution >= 4 is 5.82 Å². The van der Waals surface area contributed by atoms with Crippen LogP contribution < -0.4 is 9.47 Å². The van der Waals surface area contributed by atoms with Crippen LogP contribution in [0.2, 0.25) is 0 Å². The van der Waals surface area contributed by atoms with Gasteiger partial charge in [0, 0.05) is 6.07 Å². The quantitative estimate of drug-likeness (QED) is 0.658. The zero-order valence-corrected chi connectivity index (χ0v) is 11.8. The first-order valence-electron chi connectivity index (χ1n) is 6.84. The van der Waals surface area contributed by atoms with E-state index < -0.39 is 0 Å². The lowest BCUT2D eigenvalue weighted by atomic mass is 9.99. The van der Waals surface area contributed by atoms with Gasteiger partial charge in [0.1, 0.15) is 0 Å². The predicted molar refractivity (Wildman–Crippen MR) is 74.3 cm³/mol. The Labute approximate surface area is 106 Å². The fourth-order valence-corrected chi connectivity index (χ4v) is 2.22. The molecule has 0 spiro atoms. The summed E-state index contributed by atoms with van der Waals surface area (Å²) in [7, 11) is 4.22. The van der Waals surface area contributed by atoms with Crippen LogP contribution in [0.15, 0.2) is 24.4 Å². The highest BCUT2D eigenvalue weighted by atomic mass is 15.2. The summed E-state index contributed by atoms with van der Waals surface area (Å²) in [5.74, 6) is 2.10. The van der Waals surface area contributed by atoms with Crippen LogP contribution in [0.1, 0.15) is 39.5 Å². The number of rotatable bonds is 7. The van der Waals surface area contributed by atoms with Crippen molar-refractivity contribution in [2.24, 2.45) is 5.92 Å². The summed E-state index contributed by atoms with van der Waals surface area (Å²) in [4.78, 5) is 2.19. The van der Waals surface area contributed by atoms with Crippen molar-refractivity contribution in [1.29, 1.82) is 0 Å². The van der Waals surface area contributed by atoms with Crippen molar-refractivity contribution in [2.75, 3.05) is 19.0 Å². The molecule has 0 aromatic carbocycles. The lowest BCUT2D eigenvalue weighted by Gasteiger charge is -2.16. The Balaban J connectivity index is 2.71. The van der Waals surface area contributed by atoms with Crippen LogP contribution in [0.25, 0.3) is 0 Å². The van der Waals surface area contributed by atoms with Gasteiger partial charge < -0.3 is 0 Å². The molecule has 96 valence electrons. The summed E-state index contributed by atoms with van der Waals surface area (Å²) in [5.41, 5.74) is 0. The van der Waals surface area contributed by atoms with E-state index in [9.17, 15) is 0 Å². The molecule has 1 heterocycles. The van der Waals surface area contributed by atoms with Crippen molar-refractivity contribution in [1.82, 2.24) is 0 Å². The molecule has 0 aliphatic heterocycles. The van der Waals surface area contributed by atoms with E-state index in [1.807, 2.05) is 0 Å². The van der Waals surface area contributed by atoms with Crippen molar-refractivity contribution in [3.8, 4) is 0 Å². The number of pyridine rings is 1. The second kappa shape index (κ2) is 7.31. The van der Waals surface area contributed by atoms with Crippen LogP contribution in [0, 0.1) is 5.92 Å². The number of hydrogen-bond acceptors (Lipinski definition) is 1. The van der Waals surface area contributed by atoms with E-state index in [1.165, 1.54) is 31.5 Å². The van der Waals surface area contributed by atoms with Gasteiger partial charge in [-0.1, -0.05) is 32.8 Å². The highest BCUT2D eigenvalue weighted by molar-refractivity contribution is 5.29. The average molecular weight is 235 g/mol. The molecule has 0 radical (unpaired) electrons. The maximum atomic E-state index is 2.38. The van der Waals surface area contributed by atoms with Crippen molar-refractivity contribution < 1.29 is 4.57 Å². The first-order valence-corrected chi connectivity index (χ1v) is 6.84. The molecule has 0 saturated carbocycles. The minimum Gasteiger partial charge on any atom is -0.267 e. The summed E-state index contributed by atoms with van der Waals surface area (Å²) < 4.78 is 2.38. The highest BCUT2D eigenvalue weighted by Gasteiger charge is 2.14. The van der Waals surface area contributed by atoms with Gasteiger partial charge in [0.15, 0.2) is 0 Å². The van der Waals surface area contributed by atoms with Crippen LogP contribution >= 0.6 is 0 Å². The van der Waals surface area contributed by atoms with E-state index in [1.54, 1.807) is 0 Å². The fourth-order valence-electron chi connectivity index (χ4n) is 2.22. The van der Waals surface area contributed by atoms with Gasteiger partial charge in [-0.3, -0.25) is 4.90 Å². The Kier molecular flexibility index (Phi) is 6.03. The molecule has 0 N–H and O–H groups in total. The third kappa shape index (κ3) is 4.37. The number of aromatic nitrogens is 1. The number of nitrogens with zero attached hydrogens (tertiary/aromatic N) is 2. The van der Waals surface area contributed by atoms with Crippen LogP contribution in [0.4, 0.5) is 5.82 Å². The minimum atomic E-state index is 0.807. The summed E-state index contributed by atoms with van der Waals surface area (Å²) in [6.45, 7) is 5.72. The molecule has 2 nitrogen and oxygen atoms in total. The van der Waals surface area contributed by atoms with E-state index in [2.05, 4.69) is 61.8 Å². The van der Waals surface area contributed by atoms with Crippen molar-refractivity contribution in [2.45, 2.75) is 46.1 Å². The zero-order chi connectivity index (χ0) is 12.7. The predicted octanol–water partition coefficient (Wildman–Crippen LogP) is 3.26. The van der Waals surface area contributed by atoms with Gasteiger partial charge in [-0.05, 0) is 24.8 Å². The third-order valence-corrected chi connectivity index (χ3v) is 3.37. The lowest BCUT2D eigenvalue weighted by Crippen LogP contribution is -2.42. The zero-order valence-electron chi connectivity index (χ0n) is 11.8. The molecule has 1 aromatic heterocycles. The van der Waals surface area contributed by atoms with Crippen LogP contribution in [-0.4, -0.2) is 14.1 Å². The second-order valence-corrected chi connectivity index (χ2v) is 5.02. The molecule has 1 unspecified atom stereocenters. The topological polar surface area (TPSA) is 7.12 Å². The molecule has 0 aliphatic carbocycles. The second-order valence-electron chi connectivity index (χ2n) is 5.02. The Morgan fingerprint density at radius 2 is 2.00 bits per heavy atom. The Morgan fingerprint density at radius 1 is 1.24 bits per heavy atom. The molecule has 1 rings (SSSR count). The SMILES string of the molecule is CCCCC(CC)C[n+]1ccccc1N(C)C. The average Bonchev–Trinajstić information content (AvgIpc) is 2.34. The smallest absolute Gasteiger partial charge is 0.267 e. The van der Waals surface area contributed by atoms with E-state index in [0.717, 1.165) is 12.5 Å². The molecule has 0 aliphatic rings. The molecule has 0 fully saturated rings. The summed E-state index contributed by atoms with van der Waals surface area (Å²) in [6, 6.07) is 6.42. The molecule has 1 aromatic rings. The maximum Gasteiger partial charge on any atom is 0.276 e. The van der Waals surface area contributed by atoms with E-state index >= 15 is 0 Å². The molecule has 17 heavy (non-hydrogen) atoms. The molecule has 0 saturated heterocycles. The van der Waals surface area contributed by atoms with Gasteiger partial charge in [0.05, 0.1) is 26.8 Å². The Bertz CT molecular complexity index is 320. The van der Waals surface area contributed by atoms with E-state index in [0.29, 0.717) is 0 Å². The molecule has 2 heteroatoms. The van der Waals surface area contributed by atoms with Gasteiger partial charge in [-0.25, -0.2) is 4.57 Å². The Morgan fingerprint density at radius 3 is 2.59 bits per heavy atom. The summed E-state index contributed by atoms with van der Waals surface area (Å²) >= 11 is 0. The largest absolute Gasteiger partial charge is 0.276 e. The first kappa shape index (κ1) is 14.0. The molecule has 0 amide bonds. The molecular formula is C15H27N2+. The maximum absolute atomic E-state index is 2.38. The number of unbranched alkanes of at least 4 members (excludes halogenated alkanes) is 1. The molecular weight excluding hydrogens is 208 g/mol. The lowest BCUT2D eigenvalue weighted by molar-refractivity contribution is -0.691. The van der Waals surface area contributed by atoms with Gasteiger partial charge in [0.2, 0.25) is 0 Å². The standard InChI is InChI=1S/C15H27N2/c1-5-7-10-14(6-2)13-17-12-9-8-11-15(17)16(3)4/h8-9,11-12,14H,5-7,10,13H2,1-4H3/q+1. The number of hydrogen-bond donors (Lipinski definition) is 0. The molecule has 1 atom stereocenters. The Hall–Kier alpha value is -1.05. The summed E-state index contributed by atoms with van der Waals surface area (Å²) in [6.07, 6.45) is 7.47. The fraction of sp³-hybridized carbons (Fsp3) is 0.667. The highest BCUT2D eigenvalue weighted by Crippen LogP contribution is 2.14. The van der Waals surface area contributed by atoms with E-state index in [-0.39, 0.29) is 0 Å². The van der Waals surface area contributed by atoms with Crippen LogP contribution in [0.5, 0.6) is 0 Å². The van der Waals surface area contributed by atoms with Gasteiger partial charge in [0.25, 0.3) is 5.82 Å². The van der Waals surface area contributed by atoms with Gasteiger partial charge >= 0.3 is 0 Å². The first-order chi connectivity index (χ1) is 8.19. The molecule has 0 bridgehead atoms. The monoisotopic (exact) mass is 235 g/mol. The van der Waals surface area contributed by atoms with Crippen molar-refractivity contribution in [3.05, 3.63) is 24.4 Å². The van der Waals surface area contributed by atoms with Gasteiger partial charge in [-0.2, -0.15) is 0 Å². The normalized spacial score (nSPS) is 12.5. The van der Waals surface area contributed by atoms with Crippen LogP contribution in [-0.2, 0) is 6.54 Å². The van der Waals surface area contributed by atoms with Crippen LogP contribution in [0.3, 0.4) is 0 Å². The minimum absolute atomic E-state index is 0.807. The van der Waals surface area contributed by atoms with E-state index in [4.69, 9.17) is 0 Å². The number of anilines is 1.